The van der Waals surface area contributed by atoms with Gasteiger partial charge in [0.15, 0.2) is 6.67 Å². The Labute approximate surface area is 125 Å². The van der Waals surface area contributed by atoms with Crippen molar-refractivity contribution in [3.8, 4) is 0 Å². The SMILES string of the molecule is O=C(Nc1cccc(C(F)(F)CF)c1)OCc1ccccc1. The third-order valence-electron chi connectivity index (χ3n) is 2.91. The molecule has 0 atom stereocenters. The highest BCUT2D eigenvalue weighted by Crippen LogP contribution is 2.29. The number of halogens is 3. The van der Waals surface area contributed by atoms with Gasteiger partial charge in [-0.15, -0.1) is 0 Å². The van der Waals surface area contributed by atoms with Crippen LogP contribution in [0.15, 0.2) is 54.6 Å². The predicted octanol–water partition coefficient (Wildman–Crippen LogP) is 4.50. The number of alkyl halides is 3. The summed E-state index contributed by atoms with van der Waals surface area (Å²) in [6.45, 7) is -1.73. The number of amides is 1. The van der Waals surface area contributed by atoms with Crippen LogP contribution in [-0.2, 0) is 17.3 Å². The molecule has 0 aromatic heterocycles. The molecule has 0 saturated carbocycles. The number of rotatable bonds is 5. The van der Waals surface area contributed by atoms with Crippen molar-refractivity contribution < 1.29 is 22.7 Å². The van der Waals surface area contributed by atoms with Gasteiger partial charge >= 0.3 is 12.0 Å². The summed E-state index contributed by atoms with van der Waals surface area (Å²) in [7, 11) is 0. The first-order valence-corrected chi connectivity index (χ1v) is 6.53. The molecule has 1 N–H and O–H groups in total. The maximum absolute atomic E-state index is 13.3. The Morgan fingerprint density at radius 3 is 2.50 bits per heavy atom. The number of hydrogen-bond acceptors (Lipinski definition) is 2. The quantitative estimate of drug-likeness (QED) is 0.883. The van der Waals surface area contributed by atoms with Crippen molar-refractivity contribution >= 4 is 11.8 Å². The van der Waals surface area contributed by atoms with E-state index in [4.69, 9.17) is 4.74 Å². The molecule has 0 aliphatic heterocycles. The van der Waals surface area contributed by atoms with Crippen LogP contribution in [-0.4, -0.2) is 12.8 Å². The second kappa shape index (κ2) is 6.98. The molecule has 0 aliphatic carbocycles. The fourth-order valence-corrected chi connectivity index (χ4v) is 1.78. The van der Waals surface area contributed by atoms with Gasteiger partial charge in [-0.05, 0) is 17.7 Å². The summed E-state index contributed by atoms with van der Waals surface area (Å²) in [6.07, 6.45) is -0.774. The molecule has 1 amide bonds. The summed E-state index contributed by atoms with van der Waals surface area (Å²) in [4.78, 5) is 11.6. The largest absolute Gasteiger partial charge is 0.444 e. The Morgan fingerprint density at radius 1 is 1.09 bits per heavy atom. The van der Waals surface area contributed by atoms with Crippen molar-refractivity contribution in [3.05, 3.63) is 65.7 Å². The number of hydrogen-bond donors (Lipinski definition) is 1. The Balaban J connectivity index is 1.96. The first kappa shape index (κ1) is 15.9. The van der Waals surface area contributed by atoms with Gasteiger partial charge in [0.2, 0.25) is 0 Å². The van der Waals surface area contributed by atoms with E-state index < -0.39 is 24.3 Å². The topological polar surface area (TPSA) is 38.3 Å². The number of carbonyl (C=O) groups is 1. The average Bonchev–Trinajstić information content (AvgIpc) is 2.54. The normalized spacial score (nSPS) is 11.0. The Morgan fingerprint density at radius 2 is 1.82 bits per heavy atom. The van der Waals surface area contributed by atoms with Gasteiger partial charge in [0.25, 0.3) is 0 Å². The van der Waals surface area contributed by atoms with E-state index in [0.717, 1.165) is 17.7 Å². The van der Waals surface area contributed by atoms with Gasteiger partial charge in [0, 0.05) is 11.3 Å². The second-order valence-corrected chi connectivity index (χ2v) is 4.61. The van der Waals surface area contributed by atoms with E-state index in [1.807, 2.05) is 6.07 Å². The van der Waals surface area contributed by atoms with E-state index in [-0.39, 0.29) is 12.3 Å². The van der Waals surface area contributed by atoms with Crippen LogP contribution in [0.3, 0.4) is 0 Å². The van der Waals surface area contributed by atoms with E-state index in [9.17, 15) is 18.0 Å². The molecule has 22 heavy (non-hydrogen) atoms. The van der Waals surface area contributed by atoms with Crippen LogP contribution < -0.4 is 5.32 Å². The van der Waals surface area contributed by atoms with Gasteiger partial charge in [-0.2, -0.15) is 8.78 Å². The molecule has 0 saturated heterocycles. The highest BCUT2D eigenvalue weighted by atomic mass is 19.3. The fraction of sp³-hybridized carbons (Fsp3) is 0.188. The lowest BCUT2D eigenvalue weighted by Crippen LogP contribution is -2.17. The zero-order chi connectivity index (χ0) is 16.0. The lowest BCUT2D eigenvalue weighted by Gasteiger charge is -2.14. The van der Waals surface area contributed by atoms with Gasteiger partial charge in [-0.3, -0.25) is 5.32 Å². The maximum Gasteiger partial charge on any atom is 0.411 e. The first-order valence-electron chi connectivity index (χ1n) is 6.53. The molecule has 0 radical (unpaired) electrons. The molecule has 0 heterocycles. The van der Waals surface area contributed by atoms with Crippen LogP contribution in [0.4, 0.5) is 23.7 Å². The van der Waals surface area contributed by atoms with E-state index in [1.165, 1.54) is 12.1 Å². The van der Waals surface area contributed by atoms with Gasteiger partial charge in [0.05, 0.1) is 0 Å². The van der Waals surface area contributed by atoms with Crippen molar-refractivity contribution in [2.24, 2.45) is 0 Å². The molecule has 116 valence electrons. The molecule has 2 aromatic carbocycles. The smallest absolute Gasteiger partial charge is 0.411 e. The summed E-state index contributed by atoms with van der Waals surface area (Å²) in [5.74, 6) is -3.58. The van der Waals surface area contributed by atoms with Crippen LogP contribution in [0.25, 0.3) is 0 Å². The van der Waals surface area contributed by atoms with Crippen molar-refractivity contribution in [1.29, 1.82) is 0 Å². The predicted molar refractivity (Wildman–Crippen MR) is 76.6 cm³/mol. The monoisotopic (exact) mass is 309 g/mol. The minimum absolute atomic E-state index is 0.0625. The molecular weight excluding hydrogens is 295 g/mol. The van der Waals surface area contributed by atoms with Crippen molar-refractivity contribution in [3.63, 3.8) is 0 Å². The zero-order valence-electron chi connectivity index (χ0n) is 11.6. The van der Waals surface area contributed by atoms with Crippen LogP contribution in [0.5, 0.6) is 0 Å². The molecular formula is C16H14F3NO2. The van der Waals surface area contributed by atoms with Crippen LogP contribution in [0.1, 0.15) is 11.1 Å². The molecule has 0 spiro atoms. The Kier molecular flexibility index (Phi) is 5.04. The average molecular weight is 309 g/mol. The summed E-state index contributed by atoms with van der Waals surface area (Å²) >= 11 is 0. The molecule has 0 aliphatic rings. The van der Waals surface area contributed by atoms with Crippen LogP contribution in [0.2, 0.25) is 0 Å². The number of anilines is 1. The lowest BCUT2D eigenvalue weighted by atomic mass is 10.1. The molecule has 0 fully saturated rings. The van der Waals surface area contributed by atoms with Crippen molar-refractivity contribution in [1.82, 2.24) is 0 Å². The number of nitrogens with one attached hydrogen (secondary N) is 1. The minimum atomic E-state index is -3.58. The zero-order valence-corrected chi connectivity index (χ0v) is 11.6. The van der Waals surface area contributed by atoms with Gasteiger partial charge < -0.3 is 4.74 Å². The van der Waals surface area contributed by atoms with Crippen LogP contribution in [0, 0.1) is 0 Å². The third kappa shape index (κ3) is 4.25. The van der Waals surface area contributed by atoms with E-state index in [2.05, 4.69) is 5.32 Å². The molecule has 3 nitrogen and oxygen atoms in total. The molecule has 6 heteroatoms. The summed E-state index contributed by atoms with van der Waals surface area (Å²) < 4.78 is 43.8. The third-order valence-corrected chi connectivity index (χ3v) is 2.91. The maximum atomic E-state index is 13.3. The molecule has 0 unspecified atom stereocenters. The van der Waals surface area contributed by atoms with E-state index in [1.54, 1.807) is 24.3 Å². The number of carbonyl (C=O) groups excluding carboxylic acids is 1. The Hall–Kier alpha value is -2.50. The second-order valence-electron chi connectivity index (χ2n) is 4.61. The molecule has 2 aromatic rings. The Bertz CT molecular complexity index is 632. The first-order chi connectivity index (χ1) is 10.5. The lowest BCUT2D eigenvalue weighted by molar-refractivity contribution is -0.0280. The van der Waals surface area contributed by atoms with Crippen molar-refractivity contribution in [2.45, 2.75) is 12.5 Å². The number of benzene rings is 2. The standard InChI is InChI=1S/C16H14F3NO2/c17-11-16(18,19)13-7-4-8-14(9-13)20-15(21)22-10-12-5-2-1-3-6-12/h1-9H,10-11H2,(H,20,21). The van der Waals surface area contributed by atoms with Crippen LogP contribution >= 0.6 is 0 Å². The van der Waals surface area contributed by atoms with Crippen molar-refractivity contribution in [2.75, 3.05) is 12.0 Å². The van der Waals surface area contributed by atoms with Gasteiger partial charge in [-0.1, -0.05) is 42.5 Å². The number of ether oxygens (including phenoxy) is 1. The summed E-state index contributed by atoms with van der Waals surface area (Å²) in [5.41, 5.74) is 0.412. The minimum Gasteiger partial charge on any atom is -0.444 e. The fourth-order valence-electron chi connectivity index (χ4n) is 1.78. The van der Waals surface area contributed by atoms with Gasteiger partial charge in [-0.25, -0.2) is 9.18 Å². The van der Waals surface area contributed by atoms with E-state index >= 15 is 0 Å². The highest BCUT2D eigenvalue weighted by molar-refractivity contribution is 5.84. The van der Waals surface area contributed by atoms with E-state index in [0.29, 0.717) is 0 Å². The molecule has 0 bridgehead atoms. The van der Waals surface area contributed by atoms with Gasteiger partial charge in [0.1, 0.15) is 6.61 Å². The summed E-state index contributed by atoms with van der Waals surface area (Å²) in [6, 6.07) is 13.9. The molecule has 2 rings (SSSR count). The summed E-state index contributed by atoms with van der Waals surface area (Å²) in [5, 5.41) is 2.33. The highest BCUT2D eigenvalue weighted by Gasteiger charge is 2.31.